The van der Waals surface area contributed by atoms with Crippen molar-refractivity contribution in [3.8, 4) is 0 Å². The number of carbonyl (C=O) groups excluding carboxylic acids is 1. The fourth-order valence-corrected chi connectivity index (χ4v) is 2.64. The molecule has 1 amide bonds. The Labute approximate surface area is 117 Å². The normalized spacial score (nSPS) is 17.9. The molecule has 0 radical (unpaired) electrons. The van der Waals surface area contributed by atoms with Gasteiger partial charge in [-0.15, -0.1) is 6.58 Å². The van der Waals surface area contributed by atoms with Crippen LogP contribution in [0.15, 0.2) is 12.7 Å². The first-order chi connectivity index (χ1) is 9.22. The molecule has 1 aliphatic rings. The first-order valence-corrected chi connectivity index (χ1v) is 7.37. The maximum Gasteiger partial charge on any atom is 0.221 e. The lowest BCUT2D eigenvalue weighted by Crippen LogP contribution is -2.48. The standard InChI is InChI=1S/C15H28N2O2/c1-3-4-11-19-12-10-17-14(18)13-15(16-2)8-6-5-7-9-15/h3,16H,1,4-13H2,2H3,(H,17,18). The molecule has 0 atom stereocenters. The molecule has 0 aromatic heterocycles. The van der Waals surface area contributed by atoms with Crippen molar-refractivity contribution in [1.29, 1.82) is 0 Å². The Kier molecular flexibility index (Phi) is 7.75. The van der Waals surface area contributed by atoms with E-state index in [4.69, 9.17) is 4.74 Å². The van der Waals surface area contributed by atoms with E-state index in [1.165, 1.54) is 19.3 Å². The number of ether oxygens (including phenoxy) is 1. The van der Waals surface area contributed by atoms with E-state index in [0.29, 0.717) is 26.2 Å². The number of nitrogens with one attached hydrogen (secondary N) is 2. The minimum atomic E-state index is 0.0199. The van der Waals surface area contributed by atoms with Crippen LogP contribution in [0.3, 0.4) is 0 Å². The molecule has 0 bridgehead atoms. The molecule has 0 unspecified atom stereocenters. The largest absolute Gasteiger partial charge is 0.379 e. The van der Waals surface area contributed by atoms with Crippen LogP contribution in [-0.2, 0) is 9.53 Å². The third-order valence-corrected chi connectivity index (χ3v) is 3.87. The summed E-state index contributed by atoms with van der Waals surface area (Å²) < 4.78 is 5.36. The van der Waals surface area contributed by atoms with Gasteiger partial charge in [0.1, 0.15) is 0 Å². The molecule has 4 nitrogen and oxygen atoms in total. The minimum Gasteiger partial charge on any atom is -0.379 e. The molecule has 0 aromatic rings. The second kappa shape index (κ2) is 9.10. The summed E-state index contributed by atoms with van der Waals surface area (Å²) in [5.74, 6) is 0.128. The summed E-state index contributed by atoms with van der Waals surface area (Å²) in [6.45, 7) is 5.48. The highest BCUT2D eigenvalue weighted by atomic mass is 16.5. The minimum absolute atomic E-state index is 0.0199. The summed E-state index contributed by atoms with van der Waals surface area (Å²) in [6, 6.07) is 0. The molecule has 0 spiro atoms. The number of rotatable bonds is 9. The van der Waals surface area contributed by atoms with Crippen molar-refractivity contribution in [3.05, 3.63) is 12.7 Å². The highest BCUT2D eigenvalue weighted by Gasteiger charge is 2.32. The van der Waals surface area contributed by atoms with Crippen LogP contribution < -0.4 is 10.6 Å². The van der Waals surface area contributed by atoms with Crippen LogP contribution in [0.4, 0.5) is 0 Å². The fourth-order valence-electron chi connectivity index (χ4n) is 2.64. The molecule has 0 heterocycles. The average molecular weight is 268 g/mol. The van der Waals surface area contributed by atoms with Gasteiger partial charge in [0.25, 0.3) is 0 Å². The molecular weight excluding hydrogens is 240 g/mol. The molecule has 1 rings (SSSR count). The Morgan fingerprint density at radius 3 is 2.68 bits per heavy atom. The second-order valence-electron chi connectivity index (χ2n) is 5.31. The first kappa shape index (κ1) is 16.2. The summed E-state index contributed by atoms with van der Waals surface area (Å²) >= 11 is 0. The van der Waals surface area contributed by atoms with Gasteiger partial charge in [-0.2, -0.15) is 0 Å². The third kappa shape index (κ3) is 6.21. The topological polar surface area (TPSA) is 50.4 Å². The second-order valence-corrected chi connectivity index (χ2v) is 5.31. The summed E-state index contributed by atoms with van der Waals surface area (Å²) in [5.41, 5.74) is 0.0199. The van der Waals surface area contributed by atoms with Crippen LogP contribution in [0.25, 0.3) is 0 Å². The number of hydrogen-bond acceptors (Lipinski definition) is 3. The molecule has 110 valence electrons. The smallest absolute Gasteiger partial charge is 0.221 e. The van der Waals surface area contributed by atoms with Gasteiger partial charge in [-0.25, -0.2) is 0 Å². The predicted octanol–water partition coefficient (Wildman–Crippen LogP) is 2.01. The van der Waals surface area contributed by atoms with E-state index < -0.39 is 0 Å². The van der Waals surface area contributed by atoms with Crippen molar-refractivity contribution in [2.24, 2.45) is 0 Å². The fraction of sp³-hybridized carbons (Fsp3) is 0.800. The Morgan fingerprint density at radius 2 is 2.05 bits per heavy atom. The average Bonchev–Trinajstić information content (AvgIpc) is 2.43. The molecule has 1 saturated carbocycles. The van der Waals surface area contributed by atoms with Gasteiger partial charge in [0, 0.05) is 18.5 Å². The van der Waals surface area contributed by atoms with Gasteiger partial charge in [0.15, 0.2) is 0 Å². The van der Waals surface area contributed by atoms with Gasteiger partial charge in [-0.05, 0) is 26.3 Å². The van der Waals surface area contributed by atoms with E-state index in [2.05, 4.69) is 17.2 Å². The van der Waals surface area contributed by atoms with Gasteiger partial charge in [0.2, 0.25) is 5.91 Å². The summed E-state index contributed by atoms with van der Waals surface area (Å²) in [4.78, 5) is 11.9. The SMILES string of the molecule is C=CCCOCCNC(=O)CC1(NC)CCCCC1. The van der Waals surface area contributed by atoms with Crippen LogP contribution in [0.1, 0.15) is 44.9 Å². The molecule has 0 aromatic carbocycles. The van der Waals surface area contributed by atoms with Crippen LogP contribution in [0.5, 0.6) is 0 Å². The van der Waals surface area contributed by atoms with Gasteiger partial charge in [-0.1, -0.05) is 25.3 Å². The van der Waals surface area contributed by atoms with Crippen molar-refractivity contribution in [3.63, 3.8) is 0 Å². The van der Waals surface area contributed by atoms with E-state index in [-0.39, 0.29) is 11.4 Å². The highest BCUT2D eigenvalue weighted by Crippen LogP contribution is 2.30. The Bertz CT molecular complexity index is 273. The third-order valence-electron chi connectivity index (χ3n) is 3.87. The first-order valence-electron chi connectivity index (χ1n) is 7.37. The van der Waals surface area contributed by atoms with Crippen LogP contribution in [0, 0.1) is 0 Å². The maximum atomic E-state index is 11.9. The molecule has 1 fully saturated rings. The molecule has 2 N–H and O–H groups in total. The van der Waals surface area contributed by atoms with E-state index in [9.17, 15) is 4.79 Å². The number of amides is 1. The van der Waals surface area contributed by atoms with Gasteiger partial charge in [-0.3, -0.25) is 4.79 Å². The van der Waals surface area contributed by atoms with E-state index >= 15 is 0 Å². The molecular formula is C15H28N2O2. The van der Waals surface area contributed by atoms with Crippen molar-refractivity contribution >= 4 is 5.91 Å². The molecule has 0 aliphatic heterocycles. The van der Waals surface area contributed by atoms with Crippen LogP contribution >= 0.6 is 0 Å². The highest BCUT2D eigenvalue weighted by molar-refractivity contribution is 5.77. The summed E-state index contributed by atoms with van der Waals surface area (Å²) in [6.07, 6.45) is 9.21. The van der Waals surface area contributed by atoms with Crippen LogP contribution in [-0.4, -0.2) is 38.3 Å². The predicted molar refractivity (Wildman–Crippen MR) is 78.1 cm³/mol. The molecule has 4 heteroatoms. The zero-order valence-corrected chi connectivity index (χ0v) is 12.2. The lowest BCUT2D eigenvalue weighted by Gasteiger charge is -2.36. The van der Waals surface area contributed by atoms with Gasteiger partial charge >= 0.3 is 0 Å². The summed E-state index contributed by atoms with van der Waals surface area (Å²) in [5, 5.41) is 6.30. The zero-order chi connectivity index (χ0) is 14.0. The Balaban J connectivity index is 2.16. The molecule has 0 saturated heterocycles. The number of carbonyl (C=O) groups is 1. The maximum absolute atomic E-state index is 11.9. The van der Waals surface area contributed by atoms with E-state index in [1.54, 1.807) is 0 Å². The van der Waals surface area contributed by atoms with Crippen molar-refractivity contribution in [1.82, 2.24) is 10.6 Å². The number of hydrogen-bond donors (Lipinski definition) is 2. The van der Waals surface area contributed by atoms with E-state index in [1.807, 2.05) is 13.1 Å². The van der Waals surface area contributed by atoms with Gasteiger partial charge < -0.3 is 15.4 Å². The van der Waals surface area contributed by atoms with E-state index in [0.717, 1.165) is 19.3 Å². The lowest BCUT2D eigenvalue weighted by molar-refractivity contribution is -0.123. The van der Waals surface area contributed by atoms with Crippen molar-refractivity contribution in [2.45, 2.75) is 50.5 Å². The Hall–Kier alpha value is -0.870. The zero-order valence-electron chi connectivity index (χ0n) is 12.2. The molecule has 19 heavy (non-hydrogen) atoms. The monoisotopic (exact) mass is 268 g/mol. The lowest BCUT2D eigenvalue weighted by atomic mass is 9.79. The van der Waals surface area contributed by atoms with Crippen molar-refractivity contribution < 1.29 is 9.53 Å². The molecule has 1 aliphatic carbocycles. The van der Waals surface area contributed by atoms with Gasteiger partial charge in [0.05, 0.1) is 13.2 Å². The quantitative estimate of drug-likeness (QED) is 0.497. The van der Waals surface area contributed by atoms with Crippen molar-refractivity contribution in [2.75, 3.05) is 26.8 Å². The summed E-state index contributed by atoms with van der Waals surface area (Å²) in [7, 11) is 1.97. The van der Waals surface area contributed by atoms with Crippen LogP contribution in [0.2, 0.25) is 0 Å². The Morgan fingerprint density at radius 1 is 1.32 bits per heavy atom.